The summed E-state index contributed by atoms with van der Waals surface area (Å²) in [5.41, 5.74) is 1.96. The Labute approximate surface area is 188 Å². The van der Waals surface area contributed by atoms with Crippen LogP contribution in [0.3, 0.4) is 0 Å². The Balaban J connectivity index is 1.83. The predicted molar refractivity (Wildman–Crippen MR) is 119 cm³/mol. The van der Waals surface area contributed by atoms with Crippen LogP contribution < -0.4 is 0 Å². The standard InChI is InChI=1S/C21H11Cl2FN4O2S/c1-9-18-11(20(29)30)7-16(10-6-14(24)13(23)8-12(10)22)25-19(18)28(27-9)21-26-15-4-2-3-5-17(15)31-21/h2-8H,1H3,(H,29,30). The highest BCUT2D eigenvalue weighted by Gasteiger charge is 2.23. The molecule has 154 valence electrons. The van der Waals surface area contributed by atoms with Crippen LogP contribution in [0.25, 0.3) is 37.6 Å². The van der Waals surface area contributed by atoms with E-state index in [9.17, 15) is 14.3 Å². The molecule has 10 heteroatoms. The molecule has 0 unspecified atom stereocenters. The van der Waals surface area contributed by atoms with Crippen LogP contribution in [0.15, 0.2) is 42.5 Å². The van der Waals surface area contributed by atoms with Crippen LogP contribution in [0.5, 0.6) is 0 Å². The van der Waals surface area contributed by atoms with Gasteiger partial charge in [0.15, 0.2) is 5.65 Å². The third-order valence-electron chi connectivity index (χ3n) is 4.79. The minimum atomic E-state index is -1.16. The van der Waals surface area contributed by atoms with Crippen molar-refractivity contribution in [2.24, 2.45) is 0 Å². The number of para-hydroxylation sites is 1. The highest BCUT2D eigenvalue weighted by molar-refractivity contribution is 7.20. The van der Waals surface area contributed by atoms with Gasteiger partial charge in [0, 0.05) is 5.56 Å². The summed E-state index contributed by atoms with van der Waals surface area (Å²) in [7, 11) is 0. The highest BCUT2D eigenvalue weighted by Crippen LogP contribution is 2.35. The zero-order valence-corrected chi connectivity index (χ0v) is 18.1. The molecule has 0 radical (unpaired) electrons. The maximum Gasteiger partial charge on any atom is 0.336 e. The summed E-state index contributed by atoms with van der Waals surface area (Å²) in [6.45, 7) is 1.70. The normalized spacial score (nSPS) is 11.5. The van der Waals surface area contributed by atoms with Crippen molar-refractivity contribution >= 4 is 61.8 Å². The molecule has 5 aromatic rings. The first kappa shape index (κ1) is 19.9. The topological polar surface area (TPSA) is 80.9 Å². The summed E-state index contributed by atoms with van der Waals surface area (Å²) in [6.07, 6.45) is 0. The molecule has 0 atom stereocenters. The minimum absolute atomic E-state index is 0.0173. The first-order valence-electron chi connectivity index (χ1n) is 8.98. The molecule has 0 fully saturated rings. The Morgan fingerprint density at radius 3 is 2.65 bits per heavy atom. The van der Waals surface area contributed by atoms with E-state index in [4.69, 9.17) is 23.2 Å². The van der Waals surface area contributed by atoms with E-state index in [-0.39, 0.29) is 32.5 Å². The number of aromatic carboxylic acids is 1. The van der Waals surface area contributed by atoms with Crippen molar-refractivity contribution in [1.29, 1.82) is 0 Å². The van der Waals surface area contributed by atoms with Crippen LogP contribution in [0.4, 0.5) is 4.39 Å². The van der Waals surface area contributed by atoms with Crippen LogP contribution in [0, 0.1) is 12.7 Å². The summed E-state index contributed by atoms with van der Waals surface area (Å²) in [5, 5.41) is 15.3. The van der Waals surface area contributed by atoms with Gasteiger partial charge in [-0.05, 0) is 37.3 Å². The van der Waals surface area contributed by atoms with Gasteiger partial charge in [0.25, 0.3) is 0 Å². The van der Waals surface area contributed by atoms with E-state index < -0.39 is 11.8 Å². The third-order valence-corrected chi connectivity index (χ3v) is 6.41. The van der Waals surface area contributed by atoms with Crippen molar-refractivity contribution in [3.8, 4) is 16.4 Å². The maximum absolute atomic E-state index is 14.1. The zero-order valence-electron chi connectivity index (χ0n) is 15.7. The highest BCUT2D eigenvalue weighted by atomic mass is 35.5. The van der Waals surface area contributed by atoms with Gasteiger partial charge >= 0.3 is 5.97 Å². The van der Waals surface area contributed by atoms with Crippen molar-refractivity contribution in [3.05, 3.63) is 69.6 Å². The molecule has 2 aromatic carbocycles. The van der Waals surface area contributed by atoms with Gasteiger partial charge in [0.1, 0.15) is 5.82 Å². The van der Waals surface area contributed by atoms with Crippen molar-refractivity contribution in [3.63, 3.8) is 0 Å². The number of pyridine rings is 1. The number of carbonyl (C=O) groups is 1. The summed E-state index contributed by atoms with van der Waals surface area (Å²) in [5.74, 6) is -1.85. The Morgan fingerprint density at radius 2 is 1.90 bits per heavy atom. The molecule has 5 rings (SSSR count). The lowest BCUT2D eigenvalue weighted by Crippen LogP contribution is -2.02. The average Bonchev–Trinajstić information content (AvgIpc) is 3.31. The fourth-order valence-corrected chi connectivity index (χ4v) is 4.80. The summed E-state index contributed by atoms with van der Waals surface area (Å²) in [4.78, 5) is 21.2. The number of aryl methyl sites for hydroxylation is 1. The average molecular weight is 473 g/mol. The molecule has 0 spiro atoms. The van der Waals surface area contributed by atoms with Crippen molar-refractivity contribution in [1.82, 2.24) is 19.7 Å². The molecule has 31 heavy (non-hydrogen) atoms. The zero-order chi connectivity index (χ0) is 21.9. The Hall–Kier alpha value is -3.07. The van der Waals surface area contributed by atoms with Crippen LogP contribution >= 0.6 is 34.5 Å². The molecule has 0 bridgehead atoms. The first-order chi connectivity index (χ1) is 14.8. The van der Waals surface area contributed by atoms with Crippen LogP contribution in [0.2, 0.25) is 10.0 Å². The number of thiazole rings is 1. The van der Waals surface area contributed by atoms with Crippen molar-refractivity contribution in [2.75, 3.05) is 0 Å². The molecule has 0 aliphatic heterocycles. The fraction of sp³-hybridized carbons (Fsp3) is 0.0476. The summed E-state index contributed by atoms with van der Waals surface area (Å²) >= 11 is 13.5. The van der Waals surface area contributed by atoms with E-state index in [0.717, 1.165) is 16.3 Å². The number of hydrogen-bond acceptors (Lipinski definition) is 5. The molecule has 3 aromatic heterocycles. The number of carboxylic acid groups (broad SMARTS) is 1. The minimum Gasteiger partial charge on any atom is -0.478 e. The number of halogens is 3. The monoisotopic (exact) mass is 472 g/mol. The first-order valence-corrected chi connectivity index (χ1v) is 10.6. The van der Waals surface area contributed by atoms with Gasteiger partial charge in [-0.3, -0.25) is 0 Å². The van der Waals surface area contributed by atoms with Crippen molar-refractivity contribution in [2.45, 2.75) is 6.92 Å². The SMILES string of the molecule is Cc1nn(-c2nc3ccccc3s2)c2nc(-c3cc(F)c(Cl)cc3Cl)cc(C(=O)O)c12. The smallest absolute Gasteiger partial charge is 0.336 e. The molecule has 0 amide bonds. The van der Waals surface area contributed by atoms with Gasteiger partial charge in [-0.25, -0.2) is 19.2 Å². The molecule has 3 heterocycles. The van der Waals surface area contributed by atoms with E-state index in [1.54, 1.807) is 6.92 Å². The number of nitrogens with zero attached hydrogens (tertiary/aromatic N) is 4. The molecular formula is C21H11Cl2FN4O2S. The summed E-state index contributed by atoms with van der Waals surface area (Å²) < 4.78 is 16.6. The molecule has 0 aliphatic rings. The lowest BCUT2D eigenvalue weighted by atomic mass is 10.1. The second kappa shape index (κ2) is 7.26. The van der Waals surface area contributed by atoms with Gasteiger partial charge in [0.05, 0.1) is 42.6 Å². The third kappa shape index (κ3) is 3.23. The van der Waals surface area contributed by atoms with Gasteiger partial charge in [-0.15, -0.1) is 0 Å². The van der Waals surface area contributed by atoms with Gasteiger partial charge < -0.3 is 5.11 Å². The molecule has 0 aliphatic carbocycles. The van der Waals surface area contributed by atoms with Crippen LogP contribution in [0.1, 0.15) is 16.1 Å². The Bertz CT molecular complexity index is 1500. The lowest BCUT2D eigenvalue weighted by Gasteiger charge is -2.08. The number of carboxylic acids is 1. The Morgan fingerprint density at radius 1 is 1.13 bits per heavy atom. The van der Waals surface area contributed by atoms with E-state index >= 15 is 0 Å². The fourth-order valence-electron chi connectivity index (χ4n) is 3.40. The summed E-state index contributed by atoms with van der Waals surface area (Å²) in [6, 6.07) is 11.4. The molecule has 6 nitrogen and oxygen atoms in total. The van der Waals surface area contributed by atoms with E-state index in [1.807, 2.05) is 24.3 Å². The molecule has 1 N–H and O–H groups in total. The molecule has 0 saturated heterocycles. The molecular weight excluding hydrogens is 462 g/mol. The second-order valence-corrected chi connectivity index (χ2v) is 8.59. The van der Waals surface area contributed by atoms with Crippen LogP contribution in [-0.2, 0) is 0 Å². The lowest BCUT2D eigenvalue weighted by molar-refractivity contribution is 0.0699. The Kier molecular flexibility index (Phi) is 4.65. The van der Waals surface area contributed by atoms with Gasteiger partial charge in [0.2, 0.25) is 5.13 Å². The quantitative estimate of drug-likeness (QED) is 0.318. The maximum atomic E-state index is 14.1. The van der Waals surface area contributed by atoms with Crippen molar-refractivity contribution < 1.29 is 14.3 Å². The van der Waals surface area contributed by atoms with Gasteiger partial charge in [-0.1, -0.05) is 46.7 Å². The predicted octanol–water partition coefficient (Wildman–Crippen LogP) is 6.15. The van der Waals surface area contributed by atoms with E-state index in [1.165, 1.54) is 28.2 Å². The number of fused-ring (bicyclic) bond motifs is 2. The van der Waals surface area contributed by atoms with Gasteiger partial charge in [-0.2, -0.15) is 9.78 Å². The van der Waals surface area contributed by atoms with Crippen LogP contribution in [-0.4, -0.2) is 30.8 Å². The number of rotatable bonds is 3. The second-order valence-electron chi connectivity index (χ2n) is 6.77. The number of benzene rings is 2. The number of hydrogen-bond donors (Lipinski definition) is 1. The largest absolute Gasteiger partial charge is 0.478 e. The van der Waals surface area contributed by atoms with E-state index in [2.05, 4.69) is 15.1 Å². The van der Waals surface area contributed by atoms with E-state index in [0.29, 0.717) is 16.2 Å². The number of aromatic nitrogens is 4. The molecule has 0 saturated carbocycles.